The molecule has 0 aliphatic carbocycles. The molecule has 1 amide bonds. The van der Waals surface area contributed by atoms with Crippen molar-refractivity contribution in [3.05, 3.63) is 70.9 Å². The van der Waals surface area contributed by atoms with Gasteiger partial charge in [0, 0.05) is 24.1 Å². The van der Waals surface area contributed by atoms with E-state index in [0.717, 1.165) is 41.9 Å². The van der Waals surface area contributed by atoms with Crippen LogP contribution in [0, 0.1) is 25.2 Å². The van der Waals surface area contributed by atoms with Crippen molar-refractivity contribution in [1.82, 2.24) is 0 Å². The Morgan fingerprint density at radius 2 is 2.00 bits per heavy atom. The molecule has 4 nitrogen and oxygen atoms in total. The fourth-order valence-corrected chi connectivity index (χ4v) is 3.07. The van der Waals surface area contributed by atoms with Gasteiger partial charge in [0.2, 0.25) is 0 Å². The molecule has 1 aliphatic rings. The maximum Gasteiger partial charge on any atom is 0.267 e. The average Bonchev–Trinajstić information content (AvgIpc) is 2.63. The summed E-state index contributed by atoms with van der Waals surface area (Å²) in [6, 6.07) is 15.9. The van der Waals surface area contributed by atoms with Crippen molar-refractivity contribution >= 4 is 17.3 Å². The molecular weight excluding hydrogens is 310 g/mol. The first-order chi connectivity index (χ1) is 12.1. The molecule has 0 unspecified atom stereocenters. The van der Waals surface area contributed by atoms with Crippen molar-refractivity contribution in [3.8, 4) is 6.07 Å². The van der Waals surface area contributed by atoms with Gasteiger partial charge in [-0.1, -0.05) is 30.3 Å². The number of aryl methyl sites for hydroxylation is 2. The van der Waals surface area contributed by atoms with Crippen LogP contribution in [0.1, 0.15) is 23.1 Å². The monoisotopic (exact) mass is 331 g/mol. The minimum Gasteiger partial charge on any atom is -0.346 e. The van der Waals surface area contributed by atoms with Gasteiger partial charge in [0.25, 0.3) is 5.91 Å². The largest absolute Gasteiger partial charge is 0.346 e. The smallest absolute Gasteiger partial charge is 0.267 e. The van der Waals surface area contributed by atoms with Crippen molar-refractivity contribution in [2.75, 3.05) is 16.8 Å². The SMILES string of the molecule is Cc1cccc(NC(=O)/C(C#N)=C\N2CCCc3ccccc32)c1C. The minimum absolute atomic E-state index is 0.109. The molecule has 1 aliphatic heterocycles. The summed E-state index contributed by atoms with van der Waals surface area (Å²) in [5.74, 6) is -0.376. The summed E-state index contributed by atoms with van der Waals surface area (Å²) in [4.78, 5) is 14.6. The first-order valence-electron chi connectivity index (χ1n) is 8.44. The zero-order chi connectivity index (χ0) is 17.8. The summed E-state index contributed by atoms with van der Waals surface area (Å²) < 4.78 is 0. The lowest BCUT2D eigenvalue weighted by atomic mass is 10.0. The van der Waals surface area contributed by atoms with Gasteiger partial charge in [0.1, 0.15) is 11.6 Å². The van der Waals surface area contributed by atoms with Crippen LogP contribution in [0.15, 0.2) is 54.2 Å². The maximum atomic E-state index is 12.6. The van der Waals surface area contributed by atoms with Crippen LogP contribution in [-0.2, 0) is 11.2 Å². The predicted molar refractivity (Wildman–Crippen MR) is 100 cm³/mol. The van der Waals surface area contributed by atoms with E-state index in [2.05, 4.69) is 11.4 Å². The van der Waals surface area contributed by atoms with E-state index < -0.39 is 0 Å². The topological polar surface area (TPSA) is 56.1 Å². The van der Waals surface area contributed by atoms with E-state index in [0.29, 0.717) is 0 Å². The van der Waals surface area contributed by atoms with E-state index in [-0.39, 0.29) is 11.5 Å². The van der Waals surface area contributed by atoms with E-state index >= 15 is 0 Å². The number of para-hydroxylation sites is 1. The number of nitriles is 1. The van der Waals surface area contributed by atoms with Gasteiger partial charge >= 0.3 is 0 Å². The summed E-state index contributed by atoms with van der Waals surface area (Å²) in [5.41, 5.74) is 5.28. The predicted octanol–water partition coefficient (Wildman–Crippen LogP) is 4.10. The first kappa shape index (κ1) is 16.8. The highest BCUT2D eigenvalue weighted by Gasteiger charge is 2.18. The van der Waals surface area contributed by atoms with Crippen LogP contribution in [0.4, 0.5) is 11.4 Å². The zero-order valence-corrected chi connectivity index (χ0v) is 14.5. The molecule has 1 heterocycles. The molecule has 3 rings (SSSR count). The van der Waals surface area contributed by atoms with E-state index in [9.17, 15) is 10.1 Å². The number of nitrogens with one attached hydrogen (secondary N) is 1. The molecule has 0 spiro atoms. The Kier molecular flexibility index (Phi) is 4.85. The second-order valence-corrected chi connectivity index (χ2v) is 6.28. The highest BCUT2D eigenvalue weighted by Crippen LogP contribution is 2.27. The molecule has 0 radical (unpaired) electrons. The average molecular weight is 331 g/mol. The number of hydrogen-bond acceptors (Lipinski definition) is 3. The third-order valence-electron chi connectivity index (χ3n) is 4.65. The lowest BCUT2D eigenvalue weighted by Crippen LogP contribution is -2.26. The molecule has 2 aromatic rings. The van der Waals surface area contributed by atoms with Crippen LogP contribution in [0.5, 0.6) is 0 Å². The van der Waals surface area contributed by atoms with Gasteiger partial charge in [-0.2, -0.15) is 5.26 Å². The number of fused-ring (bicyclic) bond motifs is 1. The Morgan fingerprint density at radius 3 is 2.80 bits per heavy atom. The van der Waals surface area contributed by atoms with Gasteiger partial charge < -0.3 is 10.2 Å². The van der Waals surface area contributed by atoms with Gasteiger partial charge in [-0.3, -0.25) is 4.79 Å². The molecule has 0 bridgehead atoms. The third kappa shape index (κ3) is 3.56. The fraction of sp³-hybridized carbons (Fsp3) is 0.238. The molecule has 0 fully saturated rings. The second kappa shape index (κ2) is 7.23. The van der Waals surface area contributed by atoms with Gasteiger partial charge in [0.05, 0.1) is 0 Å². The van der Waals surface area contributed by atoms with E-state index in [1.54, 1.807) is 6.20 Å². The summed E-state index contributed by atoms with van der Waals surface area (Å²) in [5, 5.41) is 12.3. The Morgan fingerprint density at radius 1 is 1.20 bits per heavy atom. The highest BCUT2D eigenvalue weighted by atomic mass is 16.1. The third-order valence-corrected chi connectivity index (χ3v) is 4.65. The molecule has 0 saturated heterocycles. The lowest BCUT2D eigenvalue weighted by Gasteiger charge is -2.28. The number of anilines is 2. The standard InChI is InChI=1S/C21H21N3O/c1-15-7-5-10-19(16(15)2)23-21(25)18(13-22)14-24-12-6-9-17-8-3-4-11-20(17)24/h3-5,7-8,10-11,14H,6,9,12H2,1-2H3,(H,23,25)/b18-14-. The molecule has 126 valence electrons. The number of rotatable bonds is 3. The van der Waals surface area contributed by atoms with Crippen LogP contribution < -0.4 is 10.2 Å². The summed E-state index contributed by atoms with van der Waals surface area (Å²) in [6.07, 6.45) is 3.69. The number of nitrogens with zero attached hydrogens (tertiary/aromatic N) is 2. The van der Waals surface area contributed by atoms with Crippen molar-refractivity contribution in [1.29, 1.82) is 5.26 Å². The van der Waals surface area contributed by atoms with Gasteiger partial charge in [-0.15, -0.1) is 0 Å². The van der Waals surface area contributed by atoms with Gasteiger partial charge in [-0.25, -0.2) is 0 Å². The van der Waals surface area contributed by atoms with Crippen LogP contribution in [0.2, 0.25) is 0 Å². The number of hydrogen-bond donors (Lipinski definition) is 1. The summed E-state index contributed by atoms with van der Waals surface area (Å²) in [6.45, 7) is 4.76. The van der Waals surface area contributed by atoms with E-state index in [1.807, 2.05) is 61.2 Å². The summed E-state index contributed by atoms with van der Waals surface area (Å²) >= 11 is 0. The minimum atomic E-state index is -0.376. The molecule has 0 aromatic heterocycles. The molecule has 4 heteroatoms. The Labute approximate surface area is 148 Å². The molecule has 0 saturated carbocycles. The number of benzene rings is 2. The lowest BCUT2D eigenvalue weighted by molar-refractivity contribution is -0.112. The number of amides is 1. The van der Waals surface area contributed by atoms with Crippen molar-refractivity contribution < 1.29 is 4.79 Å². The molecule has 25 heavy (non-hydrogen) atoms. The zero-order valence-electron chi connectivity index (χ0n) is 14.5. The Bertz CT molecular complexity index is 877. The first-order valence-corrected chi connectivity index (χ1v) is 8.44. The number of carbonyl (C=O) groups excluding carboxylic acids is 1. The van der Waals surface area contributed by atoms with Crippen molar-refractivity contribution in [2.45, 2.75) is 26.7 Å². The molecular formula is C21H21N3O. The summed E-state index contributed by atoms with van der Waals surface area (Å²) in [7, 11) is 0. The quantitative estimate of drug-likeness (QED) is 0.680. The van der Waals surface area contributed by atoms with E-state index in [1.165, 1.54) is 5.56 Å². The van der Waals surface area contributed by atoms with Gasteiger partial charge in [0.15, 0.2) is 0 Å². The van der Waals surface area contributed by atoms with E-state index in [4.69, 9.17) is 0 Å². The van der Waals surface area contributed by atoms with Crippen LogP contribution >= 0.6 is 0 Å². The Hall–Kier alpha value is -3.06. The fourth-order valence-electron chi connectivity index (χ4n) is 3.07. The molecule has 2 aromatic carbocycles. The molecule has 1 N–H and O–H groups in total. The number of carbonyl (C=O) groups is 1. The maximum absolute atomic E-state index is 12.6. The van der Waals surface area contributed by atoms with Crippen LogP contribution in [-0.4, -0.2) is 12.5 Å². The Balaban J connectivity index is 1.85. The van der Waals surface area contributed by atoms with Gasteiger partial charge in [-0.05, 0) is 55.5 Å². The van der Waals surface area contributed by atoms with Crippen molar-refractivity contribution in [2.24, 2.45) is 0 Å². The second-order valence-electron chi connectivity index (χ2n) is 6.28. The molecule has 0 atom stereocenters. The highest BCUT2D eigenvalue weighted by molar-refractivity contribution is 6.07. The van der Waals surface area contributed by atoms with Crippen LogP contribution in [0.25, 0.3) is 0 Å². The normalized spacial score (nSPS) is 13.8. The van der Waals surface area contributed by atoms with Crippen LogP contribution in [0.3, 0.4) is 0 Å². The van der Waals surface area contributed by atoms with Crippen molar-refractivity contribution in [3.63, 3.8) is 0 Å².